The minimum Gasteiger partial charge on any atom is -0.492 e. The van der Waals surface area contributed by atoms with Crippen LogP contribution in [-0.4, -0.2) is 34.3 Å². The molecule has 1 atom stereocenters. The highest BCUT2D eigenvalue weighted by Crippen LogP contribution is 2.39. The van der Waals surface area contributed by atoms with Crippen LogP contribution in [-0.2, 0) is 16.4 Å². The zero-order valence-electron chi connectivity index (χ0n) is 15.2. The molecule has 0 bridgehead atoms. The molecule has 0 aromatic heterocycles. The molecular weight excluding hydrogens is 370 g/mol. The van der Waals surface area contributed by atoms with Crippen molar-refractivity contribution in [1.82, 2.24) is 0 Å². The lowest BCUT2D eigenvalue weighted by Gasteiger charge is -2.19. The molecule has 1 unspecified atom stereocenters. The van der Waals surface area contributed by atoms with E-state index in [4.69, 9.17) is 18.9 Å². The molecule has 2 aliphatic heterocycles. The van der Waals surface area contributed by atoms with Crippen LogP contribution in [0.4, 0.5) is 5.69 Å². The number of nitrogens with one attached hydrogen (secondary N) is 1. The largest absolute Gasteiger partial charge is 0.492 e. The Hall–Kier alpha value is -2.61. The second kappa shape index (κ2) is 6.84. The predicted molar refractivity (Wildman–Crippen MR) is 99.6 cm³/mol. The molecule has 0 amide bonds. The van der Waals surface area contributed by atoms with Crippen LogP contribution in [0.5, 0.6) is 23.0 Å². The molecule has 8 heteroatoms. The van der Waals surface area contributed by atoms with Gasteiger partial charge in [0.2, 0.25) is 0 Å². The minimum atomic E-state index is -3.84. The second-order valence-electron chi connectivity index (χ2n) is 6.43. The zero-order chi connectivity index (χ0) is 19.0. The Labute approximate surface area is 158 Å². The Bertz CT molecular complexity index is 972. The van der Waals surface area contributed by atoms with Gasteiger partial charge in [-0.15, -0.1) is 0 Å². The van der Waals surface area contributed by atoms with Gasteiger partial charge in [-0.25, -0.2) is 8.42 Å². The topological polar surface area (TPSA) is 83.1 Å². The van der Waals surface area contributed by atoms with Crippen LogP contribution >= 0.6 is 0 Å². The average Bonchev–Trinajstić information content (AvgIpc) is 3.00. The van der Waals surface area contributed by atoms with E-state index in [0.717, 1.165) is 12.0 Å². The lowest BCUT2D eigenvalue weighted by molar-refractivity contribution is 0.171. The smallest absolute Gasteiger partial charge is 0.262 e. The first kappa shape index (κ1) is 17.8. The molecule has 0 saturated heterocycles. The van der Waals surface area contributed by atoms with Crippen LogP contribution in [0.3, 0.4) is 0 Å². The first-order chi connectivity index (χ1) is 13.0. The van der Waals surface area contributed by atoms with Gasteiger partial charge in [-0.05, 0) is 32.0 Å². The number of ether oxygens (including phenoxy) is 4. The molecule has 0 radical (unpaired) electrons. The summed E-state index contributed by atoms with van der Waals surface area (Å²) in [4.78, 5) is 0.0870. The number of hydrogen-bond acceptors (Lipinski definition) is 6. The third-order valence-corrected chi connectivity index (χ3v) is 5.73. The number of hydrogen-bond donors (Lipinski definition) is 1. The summed E-state index contributed by atoms with van der Waals surface area (Å²) < 4.78 is 50.7. The number of sulfonamides is 1. The van der Waals surface area contributed by atoms with E-state index in [1.807, 2.05) is 19.9 Å². The molecule has 27 heavy (non-hydrogen) atoms. The van der Waals surface area contributed by atoms with Crippen molar-refractivity contribution in [3.63, 3.8) is 0 Å². The molecule has 7 nitrogen and oxygen atoms in total. The average molecular weight is 391 g/mol. The number of rotatable bonds is 5. The van der Waals surface area contributed by atoms with Crippen molar-refractivity contribution in [3.05, 3.63) is 35.9 Å². The standard InChI is InChI=1S/C19H21NO6S/c1-3-23-18-9-13-8-12(2)26-17(13)11-15(18)20-27(21,22)14-4-5-16-19(10-14)25-7-6-24-16/h4-5,9-12,20H,3,6-8H2,1-2H3. The van der Waals surface area contributed by atoms with E-state index in [-0.39, 0.29) is 11.0 Å². The first-order valence-corrected chi connectivity index (χ1v) is 10.3. The van der Waals surface area contributed by atoms with Gasteiger partial charge in [0.25, 0.3) is 10.0 Å². The van der Waals surface area contributed by atoms with E-state index in [9.17, 15) is 8.42 Å². The Morgan fingerprint density at radius 2 is 1.89 bits per heavy atom. The van der Waals surface area contributed by atoms with Crippen LogP contribution in [0, 0.1) is 0 Å². The molecule has 2 heterocycles. The summed E-state index contributed by atoms with van der Waals surface area (Å²) in [6.07, 6.45) is 0.823. The quantitative estimate of drug-likeness (QED) is 0.844. The summed E-state index contributed by atoms with van der Waals surface area (Å²) >= 11 is 0. The third-order valence-electron chi connectivity index (χ3n) is 4.37. The molecule has 0 aliphatic carbocycles. The lowest BCUT2D eigenvalue weighted by Crippen LogP contribution is -2.17. The van der Waals surface area contributed by atoms with Crippen molar-refractivity contribution in [2.45, 2.75) is 31.3 Å². The molecule has 2 aromatic carbocycles. The Morgan fingerprint density at radius 1 is 1.11 bits per heavy atom. The van der Waals surface area contributed by atoms with Crippen molar-refractivity contribution in [3.8, 4) is 23.0 Å². The molecule has 0 fully saturated rings. The van der Waals surface area contributed by atoms with Crippen LogP contribution in [0.2, 0.25) is 0 Å². The summed E-state index contributed by atoms with van der Waals surface area (Å²) in [5, 5.41) is 0. The highest BCUT2D eigenvalue weighted by molar-refractivity contribution is 7.92. The van der Waals surface area contributed by atoms with Crippen molar-refractivity contribution in [1.29, 1.82) is 0 Å². The monoisotopic (exact) mass is 391 g/mol. The minimum absolute atomic E-state index is 0.0547. The first-order valence-electron chi connectivity index (χ1n) is 8.85. The highest BCUT2D eigenvalue weighted by atomic mass is 32.2. The highest BCUT2D eigenvalue weighted by Gasteiger charge is 2.25. The Morgan fingerprint density at radius 3 is 2.67 bits per heavy atom. The predicted octanol–water partition coefficient (Wildman–Crippen LogP) is 2.98. The molecule has 1 N–H and O–H groups in total. The van der Waals surface area contributed by atoms with E-state index < -0.39 is 10.0 Å². The molecule has 0 spiro atoms. The summed E-state index contributed by atoms with van der Waals surface area (Å²) in [5.74, 6) is 2.11. The summed E-state index contributed by atoms with van der Waals surface area (Å²) in [6, 6.07) is 8.06. The number of fused-ring (bicyclic) bond motifs is 2. The maximum absolute atomic E-state index is 12.9. The molecule has 2 aliphatic rings. The van der Waals surface area contributed by atoms with Gasteiger partial charge in [0, 0.05) is 24.1 Å². The molecule has 144 valence electrons. The molecular formula is C19H21NO6S. The van der Waals surface area contributed by atoms with Crippen molar-refractivity contribution >= 4 is 15.7 Å². The van der Waals surface area contributed by atoms with E-state index in [1.165, 1.54) is 12.1 Å². The molecule has 2 aromatic rings. The fourth-order valence-electron chi connectivity index (χ4n) is 3.19. The maximum atomic E-state index is 12.9. The van der Waals surface area contributed by atoms with Crippen LogP contribution in [0.15, 0.2) is 35.2 Å². The second-order valence-corrected chi connectivity index (χ2v) is 8.12. The maximum Gasteiger partial charge on any atom is 0.262 e. The van der Waals surface area contributed by atoms with Gasteiger partial charge in [-0.1, -0.05) is 0 Å². The fraction of sp³-hybridized carbons (Fsp3) is 0.368. The van der Waals surface area contributed by atoms with Crippen LogP contribution < -0.4 is 23.7 Å². The number of benzene rings is 2. The Kier molecular flexibility index (Phi) is 4.51. The van der Waals surface area contributed by atoms with Gasteiger partial charge in [0.15, 0.2) is 11.5 Å². The summed E-state index contributed by atoms with van der Waals surface area (Å²) in [5.41, 5.74) is 1.35. The van der Waals surface area contributed by atoms with Gasteiger partial charge in [0.05, 0.1) is 17.2 Å². The Balaban J connectivity index is 1.67. The normalized spacial score (nSPS) is 17.8. The van der Waals surface area contributed by atoms with Crippen molar-refractivity contribution < 1.29 is 27.4 Å². The van der Waals surface area contributed by atoms with Gasteiger partial charge in [-0.3, -0.25) is 4.72 Å². The van der Waals surface area contributed by atoms with Crippen LogP contribution in [0.1, 0.15) is 19.4 Å². The van der Waals surface area contributed by atoms with E-state index in [2.05, 4.69) is 4.72 Å². The van der Waals surface area contributed by atoms with Gasteiger partial charge in [-0.2, -0.15) is 0 Å². The van der Waals surface area contributed by atoms with Crippen LogP contribution in [0.25, 0.3) is 0 Å². The molecule has 0 saturated carbocycles. The zero-order valence-corrected chi connectivity index (χ0v) is 16.0. The SMILES string of the molecule is CCOc1cc2c(cc1NS(=O)(=O)c1ccc3c(c1)OCCO3)OC(C)C2. The number of anilines is 1. The van der Waals surface area contributed by atoms with E-state index in [0.29, 0.717) is 48.5 Å². The lowest BCUT2D eigenvalue weighted by atomic mass is 10.1. The summed E-state index contributed by atoms with van der Waals surface area (Å²) in [7, 11) is -3.84. The molecule has 4 rings (SSSR count). The van der Waals surface area contributed by atoms with E-state index >= 15 is 0 Å². The van der Waals surface area contributed by atoms with E-state index in [1.54, 1.807) is 12.1 Å². The fourth-order valence-corrected chi connectivity index (χ4v) is 4.26. The van der Waals surface area contributed by atoms with Crippen molar-refractivity contribution in [2.75, 3.05) is 24.5 Å². The van der Waals surface area contributed by atoms with Gasteiger partial charge >= 0.3 is 0 Å². The van der Waals surface area contributed by atoms with Crippen molar-refractivity contribution in [2.24, 2.45) is 0 Å². The summed E-state index contributed by atoms with van der Waals surface area (Å²) in [6.45, 7) is 5.08. The van der Waals surface area contributed by atoms with Gasteiger partial charge < -0.3 is 18.9 Å². The van der Waals surface area contributed by atoms with Gasteiger partial charge in [0.1, 0.15) is 30.8 Å². The third kappa shape index (κ3) is 3.49.